The lowest BCUT2D eigenvalue weighted by atomic mass is 10.1. The number of nitriles is 1. The molecule has 0 aliphatic rings. The zero-order valence-electron chi connectivity index (χ0n) is 28.9. The Hall–Kier alpha value is -7.55. The molecule has 54 heavy (non-hydrogen) atoms. The predicted octanol–water partition coefficient (Wildman–Crippen LogP) is 12.7. The maximum atomic E-state index is 9.68. The zero-order chi connectivity index (χ0) is 35.5. The van der Waals surface area contributed by atoms with Gasteiger partial charge in [0.15, 0.2) is 0 Å². The van der Waals surface area contributed by atoms with Crippen LogP contribution in [0.2, 0.25) is 0 Å². The standard InChI is InChI=1S/C49H28N4O/c50-29-30-18-23-45-39(26-30)36-14-6-7-15-42(36)51(45)32-19-24-46-40(27-32)41-28-33(20-25-47(41)54-46)53-44-17-9-5-13-35(44)38-22-21-37-34-12-4-8-16-43(34)52(48(37)49(38)53)31-10-2-1-3-11-31/h1-28H. The van der Waals surface area contributed by atoms with Crippen molar-refractivity contribution in [2.45, 2.75) is 0 Å². The number of aromatic nitrogens is 3. The molecule has 0 atom stereocenters. The van der Waals surface area contributed by atoms with Gasteiger partial charge in [-0.3, -0.25) is 0 Å². The van der Waals surface area contributed by atoms with E-state index in [0.29, 0.717) is 5.56 Å². The van der Waals surface area contributed by atoms with Crippen molar-refractivity contribution in [2.75, 3.05) is 0 Å². The summed E-state index contributed by atoms with van der Waals surface area (Å²) in [5.41, 5.74) is 12.4. The van der Waals surface area contributed by atoms with Crippen LogP contribution < -0.4 is 0 Å². The number of hydrogen-bond acceptors (Lipinski definition) is 2. The molecule has 4 aromatic heterocycles. The molecule has 0 unspecified atom stereocenters. The average Bonchev–Trinajstić information content (AvgIpc) is 3.96. The number of rotatable bonds is 3. The summed E-state index contributed by atoms with van der Waals surface area (Å²) in [7, 11) is 0. The lowest BCUT2D eigenvalue weighted by molar-refractivity contribution is 0.669. The van der Waals surface area contributed by atoms with Crippen molar-refractivity contribution >= 4 is 87.4 Å². The quantitative estimate of drug-likeness (QED) is 0.185. The van der Waals surface area contributed by atoms with Gasteiger partial charge in [-0.1, -0.05) is 84.9 Å². The van der Waals surface area contributed by atoms with Gasteiger partial charge in [0.05, 0.1) is 44.7 Å². The Balaban J connectivity index is 1.16. The van der Waals surface area contributed by atoms with E-state index in [1.165, 1.54) is 38.1 Å². The van der Waals surface area contributed by atoms with E-state index in [1.54, 1.807) is 0 Å². The van der Waals surface area contributed by atoms with Crippen LogP contribution in [0.5, 0.6) is 0 Å². The number of nitrogens with zero attached hydrogens (tertiary/aromatic N) is 4. The molecule has 0 N–H and O–H groups in total. The van der Waals surface area contributed by atoms with Crippen LogP contribution in [0.15, 0.2) is 174 Å². The molecule has 0 fully saturated rings. The molecule has 5 heteroatoms. The highest BCUT2D eigenvalue weighted by Crippen LogP contribution is 2.43. The smallest absolute Gasteiger partial charge is 0.135 e. The summed E-state index contributed by atoms with van der Waals surface area (Å²) >= 11 is 0. The molecule has 8 aromatic carbocycles. The largest absolute Gasteiger partial charge is 0.456 e. The Morgan fingerprint density at radius 1 is 0.352 bits per heavy atom. The highest BCUT2D eigenvalue weighted by atomic mass is 16.3. The first kappa shape index (κ1) is 29.1. The molecule has 5 nitrogen and oxygen atoms in total. The Labute approximate surface area is 308 Å². The minimum absolute atomic E-state index is 0.653. The van der Waals surface area contributed by atoms with Crippen LogP contribution in [0.4, 0.5) is 0 Å². The molecule has 12 rings (SSSR count). The van der Waals surface area contributed by atoms with Gasteiger partial charge in [-0.15, -0.1) is 0 Å². The van der Waals surface area contributed by atoms with Crippen LogP contribution in [-0.4, -0.2) is 13.7 Å². The van der Waals surface area contributed by atoms with E-state index in [-0.39, 0.29) is 0 Å². The Kier molecular flexibility index (Phi) is 5.78. The van der Waals surface area contributed by atoms with Crippen molar-refractivity contribution in [3.63, 3.8) is 0 Å². The van der Waals surface area contributed by atoms with Crippen LogP contribution in [0.25, 0.3) is 104 Å². The minimum Gasteiger partial charge on any atom is -0.456 e. The van der Waals surface area contributed by atoms with Crippen molar-refractivity contribution < 1.29 is 4.42 Å². The van der Waals surface area contributed by atoms with Crippen LogP contribution in [0.3, 0.4) is 0 Å². The van der Waals surface area contributed by atoms with Crippen LogP contribution in [0, 0.1) is 11.3 Å². The summed E-state index contributed by atoms with van der Waals surface area (Å²) in [6.07, 6.45) is 0. The number of hydrogen-bond donors (Lipinski definition) is 0. The molecule has 0 saturated heterocycles. The van der Waals surface area contributed by atoms with Crippen molar-refractivity contribution in [1.29, 1.82) is 5.26 Å². The van der Waals surface area contributed by atoms with Crippen LogP contribution in [-0.2, 0) is 0 Å². The maximum Gasteiger partial charge on any atom is 0.135 e. The molecule has 0 saturated carbocycles. The molecular formula is C49H28N4O. The molecule has 250 valence electrons. The lowest BCUT2D eigenvalue weighted by Crippen LogP contribution is -1.98. The second kappa shape index (κ2) is 10.7. The van der Waals surface area contributed by atoms with Crippen molar-refractivity contribution in [1.82, 2.24) is 13.7 Å². The van der Waals surface area contributed by atoms with Gasteiger partial charge in [0.25, 0.3) is 0 Å². The van der Waals surface area contributed by atoms with Gasteiger partial charge in [-0.2, -0.15) is 5.26 Å². The highest BCUT2D eigenvalue weighted by Gasteiger charge is 2.22. The maximum absolute atomic E-state index is 9.68. The number of para-hydroxylation sites is 4. The van der Waals surface area contributed by atoms with Crippen molar-refractivity contribution in [3.8, 4) is 23.1 Å². The Morgan fingerprint density at radius 3 is 1.43 bits per heavy atom. The van der Waals surface area contributed by atoms with Gasteiger partial charge < -0.3 is 18.1 Å². The Bertz CT molecular complexity index is 3570. The van der Waals surface area contributed by atoms with Gasteiger partial charge in [0.1, 0.15) is 11.2 Å². The van der Waals surface area contributed by atoms with Crippen molar-refractivity contribution in [3.05, 3.63) is 175 Å². The third-order valence-corrected chi connectivity index (χ3v) is 11.2. The summed E-state index contributed by atoms with van der Waals surface area (Å²) in [5, 5.41) is 18.8. The fraction of sp³-hybridized carbons (Fsp3) is 0. The van der Waals surface area contributed by atoms with Gasteiger partial charge in [0, 0.05) is 60.2 Å². The van der Waals surface area contributed by atoms with Crippen LogP contribution >= 0.6 is 0 Å². The molecule has 0 radical (unpaired) electrons. The van der Waals surface area contributed by atoms with E-state index in [4.69, 9.17) is 4.42 Å². The molecule has 4 heterocycles. The second-order valence-electron chi connectivity index (χ2n) is 14.1. The van der Waals surface area contributed by atoms with Crippen molar-refractivity contribution in [2.24, 2.45) is 0 Å². The van der Waals surface area contributed by atoms with Gasteiger partial charge >= 0.3 is 0 Å². The Morgan fingerprint density at radius 2 is 0.833 bits per heavy atom. The summed E-state index contributed by atoms with van der Waals surface area (Å²) in [6, 6.07) is 62.4. The summed E-state index contributed by atoms with van der Waals surface area (Å²) in [6.45, 7) is 0. The van der Waals surface area contributed by atoms with E-state index < -0.39 is 0 Å². The average molecular weight is 689 g/mol. The normalized spacial score (nSPS) is 12.1. The third-order valence-electron chi connectivity index (χ3n) is 11.2. The molecule has 0 amide bonds. The van der Waals surface area contributed by atoms with E-state index >= 15 is 0 Å². The lowest BCUT2D eigenvalue weighted by Gasteiger charge is -2.12. The summed E-state index contributed by atoms with van der Waals surface area (Å²) < 4.78 is 13.7. The first-order valence-electron chi connectivity index (χ1n) is 18.2. The molecular weight excluding hydrogens is 661 g/mol. The number of benzene rings is 8. The van der Waals surface area contributed by atoms with Gasteiger partial charge in [-0.25, -0.2) is 0 Å². The highest BCUT2D eigenvalue weighted by molar-refractivity contribution is 6.24. The second-order valence-corrected chi connectivity index (χ2v) is 14.1. The predicted molar refractivity (Wildman–Crippen MR) is 221 cm³/mol. The number of fused-ring (bicyclic) bond motifs is 13. The van der Waals surface area contributed by atoms with Gasteiger partial charge in [0.2, 0.25) is 0 Å². The SMILES string of the molecule is N#Cc1ccc2c(c1)c1ccccc1n2-c1ccc2oc3ccc(-n4c5ccccc5c5ccc6c7ccccc7n(-c7ccccc7)c6c54)cc3c2c1. The summed E-state index contributed by atoms with van der Waals surface area (Å²) in [5.74, 6) is 0. The van der Waals surface area contributed by atoms with Crippen LogP contribution in [0.1, 0.15) is 5.56 Å². The first-order valence-corrected chi connectivity index (χ1v) is 18.2. The first-order chi connectivity index (χ1) is 26.7. The molecule has 0 bridgehead atoms. The number of furan rings is 1. The molecule has 0 aliphatic heterocycles. The van der Waals surface area contributed by atoms with E-state index in [0.717, 1.165) is 66.3 Å². The molecule has 12 aromatic rings. The topological polar surface area (TPSA) is 51.7 Å². The fourth-order valence-corrected chi connectivity index (χ4v) is 8.97. The fourth-order valence-electron chi connectivity index (χ4n) is 8.97. The zero-order valence-corrected chi connectivity index (χ0v) is 28.9. The van der Waals surface area contributed by atoms with E-state index in [2.05, 4.69) is 177 Å². The van der Waals surface area contributed by atoms with E-state index in [9.17, 15) is 5.26 Å². The third kappa shape index (κ3) is 3.86. The van der Waals surface area contributed by atoms with Gasteiger partial charge in [-0.05, 0) is 84.9 Å². The monoisotopic (exact) mass is 688 g/mol. The molecule has 0 aliphatic carbocycles. The molecule has 0 spiro atoms. The van der Waals surface area contributed by atoms with E-state index in [1.807, 2.05) is 12.1 Å². The summed E-state index contributed by atoms with van der Waals surface area (Å²) in [4.78, 5) is 0. The minimum atomic E-state index is 0.653.